The molecule has 1 amide bonds. The Morgan fingerprint density at radius 2 is 1.82 bits per heavy atom. The summed E-state index contributed by atoms with van der Waals surface area (Å²) in [5.74, 6) is -0.294. The van der Waals surface area contributed by atoms with Crippen molar-refractivity contribution in [2.24, 2.45) is 5.92 Å². The lowest BCUT2D eigenvalue weighted by Crippen LogP contribution is -2.58. The van der Waals surface area contributed by atoms with Gasteiger partial charge in [-0.1, -0.05) is 26.7 Å². The Morgan fingerprint density at radius 1 is 1.18 bits per heavy atom. The smallest absolute Gasteiger partial charge is 0.407 e. The van der Waals surface area contributed by atoms with Crippen molar-refractivity contribution >= 4 is 12.4 Å². The highest BCUT2D eigenvalue weighted by Gasteiger charge is 2.51. The van der Waals surface area contributed by atoms with Crippen LogP contribution in [0.2, 0.25) is 0 Å². The van der Waals surface area contributed by atoms with Crippen LogP contribution in [0.15, 0.2) is 0 Å². The summed E-state index contributed by atoms with van der Waals surface area (Å²) in [4.78, 5) is 23.0. The van der Waals surface area contributed by atoms with Crippen molar-refractivity contribution in [3.8, 4) is 0 Å². The van der Waals surface area contributed by atoms with E-state index in [2.05, 4.69) is 19.2 Å². The van der Waals surface area contributed by atoms with Gasteiger partial charge in [-0.2, -0.15) is 0 Å². The van der Waals surface area contributed by atoms with Crippen LogP contribution in [-0.4, -0.2) is 49.9 Å². The van der Waals surface area contributed by atoms with Gasteiger partial charge >= 0.3 is 6.09 Å². The molecular formula is C16H27NO5. The van der Waals surface area contributed by atoms with Gasteiger partial charge in [-0.05, 0) is 19.3 Å². The summed E-state index contributed by atoms with van der Waals surface area (Å²) in [6.07, 6.45) is 3.98. The SMILES string of the molecule is CCCCOC1[C@@H](C=O)C[C@@H]2OC(=O)N[C@@H]2[C@H]1OCCCC. The van der Waals surface area contributed by atoms with Gasteiger partial charge < -0.3 is 24.3 Å². The summed E-state index contributed by atoms with van der Waals surface area (Å²) in [6, 6.07) is -0.229. The number of carbonyl (C=O) groups excluding carboxylic acids is 2. The van der Waals surface area contributed by atoms with E-state index >= 15 is 0 Å². The average Bonchev–Trinajstić information content (AvgIpc) is 2.88. The lowest BCUT2D eigenvalue weighted by Gasteiger charge is -2.40. The van der Waals surface area contributed by atoms with Crippen molar-refractivity contribution in [1.82, 2.24) is 5.32 Å². The summed E-state index contributed by atoms with van der Waals surface area (Å²) in [7, 11) is 0. The number of aldehydes is 1. The Hall–Kier alpha value is -1.14. The van der Waals surface area contributed by atoms with E-state index in [9.17, 15) is 9.59 Å². The Morgan fingerprint density at radius 3 is 2.41 bits per heavy atom. The molecule has 1 saturated carbocycles. The molecule has 22 heavy (non-hydrogen) atoms. The molecule has 5 atom stereocenters. The minimum atomic E-state index is -0.432. The molecule has 0 aromatic carbocycles. The van der Waals surface area contributed by atoms with Gasteiger partial charge in [0.25, 0.3) is 0 Å². The lowest BCUT2D eigenvalue weighted by molar-refractivity contribution is -0.151. The van der Waals surface area contributed by atoms with Crippen LogP contribution in [0.1, 0.15) is 46.0 Å². The first-order valence-corrected chi connectivity index (χ1v) is 8.36. The monoisotopic (exact) mass is 313 g/mol. The molecule has 6 nitrogen and oxygen atoms in total. The molecule has 1 saturated heterocycles. The van der Waals surface area contributed by atoms with Crippen LogP contribution in [0.3, 0.4) is 0 Å². The standard InChI is InChI=1S/C16H27NO5/c1-3-5-7-20-14-11(10-18)9-12-13(17-16(19)22-12)15(14)21-8-6-4-2/h10-15H,3-9H2,1-2H3,(H,17,19)/t11-,12+,13+,14?,15-/m1/s1. The van der Waals surface area contributed by atoms with Gasteiger partial charge in [0.05, 0.1) is 12.1 Å². The maximum atomic E-state index is 11.5. The van der Waals surface area contributed by atoms with Crippen LogP contribution in [0, 0.1) is 5.92 Å². The summed E-state index contributed by atoms with van der Waals surface area (Å²) >= 11 is 0. The Labute approximate surface area is 131 Å². The van der Waals surface area contributed by atoms with Gasteiger partial charge in [0.2, 0.25) is 0 Å². The third-order valence-corrected chi connectivity index (χ3v) is 4.34. The Kier molecular flexibility index (Phi) is 6.64. The fraction of sp³-hybridized carbons (Fsp3) is 0.875. The van der Waals surface area contributed by atoms with Crippen molar-refractivity contribution < 1.29 is 23.8 Å². The maximum Gasteiger partial charge on any atom is 0.407 e. The molecule has 126 valence electrons. The molecular weight excluding hydrogens is 286 g/mol. The Bertz CT molecular complexity index is 376. The normalized spacial score (nSPS) is 33.9. The first kappa shape index (κ1) is 17.2. The molecule has 1 N–H and O–H groups in total. The molecule has 2 fully saturated rings. The predicted molar refractivity (Wildman–Crippen MR) is 80.7 cm³/mol. The van der Waals surface area contributed by atoms with E-state index in [0.717, 1.165) is 32.0 Å². The number of ether oxygens (including phenoxy) is 3. The van der Waals surface area contributed by atoms with Gasteiger partial charge in [-0.3, -0.25) is 0 Å². The molecule has 1 heterocycles. The zero-order chi connectivity index (χ0) is 15.9. The number of hydrogen-bond donors (Lipinski definition) is 1. The molecule has 6 heteroatoms. The van der Waals surface area contributed by atoms with Crippen molar-refractivity contribution in [3.63, 3.8) is 0 Å². The number of amides is 1. The van der Waals surface area contributed by atoms with Crippen LogP contribution in [-0.2, 0) is 19.0 Å². The van der Waals surface area contributed by atoms with E-state index in [4.69, 9.17) is 14.2 Å². The van der Waals surface area contributed by atoms with Gasteiger partial charge in [0.15, 0.2) is 0 Å². The summed E-state index contributed by atoms with van der Waals surface area (Å²) in [5.41, 5.74) is 0. The fourth-order valence-corrected chi connectivity index (χ4v) is 3.09. The molecule has 2 rings (SSSR count). The van der Waals surface area contributed by atoms with Crippen molar-refractivity contribution in [1.29, 1.82) is 0 Å². The molecule has 1 unspecified atom stereocenters. The molecule has 0 bridgehead atoms. The quantitative estimate of drug-likeness (QED) is 0.521. The van der Waals surface area contributed by atoms with Crippen LogP contribution >= 0.6 is 0 Å². The van der Waals surface area contributed by atoms with Gasteiger partial charge in [0.1, 0.15) is 18.5 Å². The Balaban J connectivity index is 2.08. The maximum absolute atomic E-state index is 11.5. The van der Waals surface area contributed by atoms with E-state index in [1.807, 2.05) is 0 Å². The van der Waals surface area contributed by atoms with Crippen molar-refractivity contribution in [3.05, 3.63) is 0 Å². The van der Waals surface area contributed by atoms with Crippen LogP contribution < -0.4 is 5.32 Å². The molecule has 0 aromatic rings. The third kappa shape index (κ3) is 3.98. The minimum absolute atomic E-state index is 0.229. The van der Waals surface area contributed by atoms with Gasteiger partial charge in [-0.15, -0.1) is 0 Å². The highest BCUT2D eigenvalue weighted by molar-refractivity contribution is 5.71. The van der Waals surface area contributed by atoms with E-state index in [1.54, 1.807) is 0 Å². The van der Waals surface area contributed by atoms with Crippen LogP contribution in [0.4, 0.5) is 4.79 Å². The topological polar surface area (TPSA) is 73.9 Å². The zero-order valence-electron chi connectivity index (χ0n) is 13.5. The number of carbonyl (C=O) groups is 2. The van der Waals surface area contributed by atoms with E-state index < -0.39 is 6.09 Å². The number of rotatable bonds is 9. The summed E-state index contributed by atoms with van der Waals surface area (Å²) < 4.78 is 17.2. The number of nitrogens with one attached hydrogen (secondary N) is 1. The minimum Gasteiger partial charge on any atom is -0.444 e. The third-order valence-electron chi connectivity index (χ3n) is 4.34. The summed E-state index contributed by atoms with van der Waals surface area (Å²) in [5, 5.41) is 2.82. The highest BCUT2D eigenvalue weighted by atomic mass is 16.6. The molecule has 2 aliphatic rings. The molecule has 0 spiro atoms. The van der Waals surface area contributed by atoms with Crippen molar-refractivity contribution in [2.45, 2.75) is 70.3 Å². The van der Waals surface area contributed by atoms with Crippen LogP contribution in [0.25, 0.3) is 0 Å². The number of fused-ring (bicyclic) bond motifs is 1. The lowest BCUT2D eigenvalue weighted by atomic mass is 9.80. The molecule has 0 aromatic heterocycles. The highest BCUT2D eigenvalue weighted by Crippen LogP contribution is 2.33. The number of hydrogen-bond acceptors (Lipinski definition) is 5. The van der Waals surface area contributed by atoms with Gasteiger partial charge in [-0.25, -0.2) is 4.79 Å². The molecule has 0 radical (unpaired) electrons. The summed E-state index contributed by atoms with van der Waals surface area (Å²) in [6.45, 7) is 5.39. The van der Waals surface area contributed by atoms with E-state index in [-0.39, 0.29) is 30.3 Å². The second kappa shape index (κ2) is 8.48. The van der Waals surface area contributed by atoms with Crippen molar-refractivity contribution in [2.75, 3.05) is 13.2 Å². The van der Waals surface area contributed by atoms with Crippen LogP contribution in [0.5, 0.6) is 0 Å². The number of alkyl carbamates (subject to hydrolysis) is 1. The predicted octanol–water partition coefficient (Wildman–Crippen LogP) is 2.05. The largest absolute Gasteiger partial charge is 0.444 e. The van der Waals surface area contributed by atoms with E-state index in [0.29, 0.717) is 19.6 Å². The zero-order valence-corrected chi connectivity index (χ0v) is 13.5. The second-order valence-corrected chi connectivity index (χ2v) is 6.03. The first-order chi connectivity index (χ1) is 10.7. The first-order valence-electron chi connectivity index (χ1n) is 8.36. The molecule has 1 aliphatic heterocycles. The van der Waals surface area contributed by atoms with E-state index in [1.165, 1.54) is 0 Å². The second-order valence-electron chi connectivity index (χ2n) is 6.03. The fourth-order valence-electron chi connectivity index (χ4n) is 3.09. The number of unbranched alkanes of at least 4 members (excludes halogenated alkanes) is 2. The average molecular weight is 313 g/mol. The van der Waals surface area contributed by atoms with Gasteiger partial charge in [0, 0.05) is 19.1 Å². The molecule has 1 aliphatic carbocycles.